The molecule has 3 rings (SSSR count). The summed E-state index contributed by atoms with van der Waals surface area (Å²) in [5, 5.41) is 8.58. The van der Waals surface area contributed by atoms with Gasteiger partial charge in [0.1, 0.15) is 11.6 Å². The fourth-order valence-corrected chi connectivity index (χ4v) is 5.17. The number of nitrogens with two attached hydrogens (primary N) is 1. The second-order valence-electron chi connectivity index (χ2n) is 8.01. The smallest absolute Gasteiger partial charge is 0.324 e. The highest BCUT2D eigenvalue weighted by Crippen LogP contribution is 2.32. The maximum absolute atomic E-state index is 13.3. The summed E-state index contributed by atoms with van der Waals surface area (Å²) in [4.78, 5) is 16.6. The van der Waals surface area contributed by atoms with Crippen LogP contribution in [-0.2, 0) is 19.6 Å². The number of pyridine rings is 1. The molecule has 0 radical (unpaired) electrons. The molecule has 0 bridgehead atoms. The first-order chi connectivity index (χ1) is 13.9. The molecule has 3 N–H and O–H groups in total. The molecule has 2 heterocycles. The Hall–Kier alpha value is -2.43. The van der Waals surface area contributed by atoms with E-state index in [1.165, 1.54) is 28.8 Å². The van der Waals surface area contributed by atoms with E-state index in [-0.39, 0.29) is 17.4 Å². The SMILES string of the molecule is CC(C)(C)OC(=O)[C@H]1CCCN1S(=O)(=O)c1ccc2c(N(Cl)C(=N)N)cncc2c1. The largest absolute Gasteiger partial charge is 0.459 e. The van der Waals surface area contributed by atoms with Crippen molar-refractivity contribution in [1.82, 2.24) is 9.29 Å². The van der Waals surface area contributed by atoms with Crippen LogP contribution in [0.4, 0.5) is 5.69 Å². The number of aromatic nitrogens is 1. The van der Waals surface area contributed by atoms with E-state index in [9.17, 15) is 13.2 Å². The number of fused-ring (bicyclic) bond motifs is 1. The van der Waals surface area contributed by atoms with Crippen LogP contribution in [0.1, 0.15) is 33.6 Å². The molecular formula is C19H24ClN5O4S. The van der Waals surface area contributed by atoms with Crippen LogP contribution in [0.25, 0.3) is 10.8 Å². The molecule has 1 aliphatic heterocycles. The molecule has 0 amide bonds. The molecule has 1 aromatic carbocycles. The number of halogens is 1. The summed E-state index contributed by atoms with van der Waals surface area (Å²) in [6, 6.07) is 3.63. The van der Waals surface area contributed by atoms with Crippen molar-refractivity contribution in [2.24, 2.45) is 5.73 Å². The second kappa shape index (κ2) is 8.01. The number of anilines is 1. The summed E-state index contributed by atoms with van der Waals surface area (Å²) in [5.41, 5.74) is 5.09. The van der Waals surface area contributed by atoms with Gasteiger partial charge in [0, 0.05) is 35.3 Å². The summed E-state index contributed by atoms with van der Waals surface area (Å²) in [5.74, 6) is -0.938. The number of ether oxygens (including phenoxy) is 1. The van der Waals surface area contributed by atoms with Gasteiger partial charge >= 0.3 is 5.97 Å². The molecular weight excluding hydrogens is 430 g/mol. The molecule has 11 heteroatoms. The molecule has 0 spiro atoms. The maximum atomic E-state index is 13.3. The van der Waals surface area contributed by atoms with Gasteiger partial charge in [0.15, 0.2) is 0 Å². The molecule has 162 valence electrons. The van der Waals surface area contributed by atoms with Gasteiger partial charge < -0.3 is 10.5 Å². The third kappa shape index (κ3) is 4.35. The van der Waals surface area contributed by atoms with Crippen LogP contribution in [-0.4, -0.2) is 47.8 Å². The lowest BCUT2D eigenvalue weighted by Gasteiger charge is -2.27. The molecule has 2 aromatic rings. The number of carbonyl (C=O) groups excluding carboxylic acids is 1. The lowest BCUT2D eigenvalue weighted by Crippen LogP contribution is -2.43. The Balaban J connectivity index is 1.98. The van der Waals surface area contributed by atoms with Crippen molar-refractivity contribution in [2.75, 3.05) is 11.0 Å². The minimum absolute atomic E-state index is 0.0355. The van der Waals surface area contributed by atoms with E-state index in [0.29, 0.717) is 29.3 Å². The Morgan fingerprint density at radius 2 is 2.07 bits per heavy atom. The summed E-state index contributed by atoms with van der Waals surface area (Å²) in [7, 11) is -3.94. The van der Waals surface area contributed by atoms with Crippen LogP contribution < -0.4 is 10.2 Å². The highest BCUT2D eigenvalue weighted by molar-refractivity contribution is 7.89. The normalized spacial score (nSPS) is 17.8. The number of carbonyl (C=O) groups is 1. The Morgan fingerprint density at radius 1 is 1.37 bits per heavy atom. The van der Waals surface area contributed by atoms with Crippen molar-refractivity contribution >= 4 is 50.2 Å². The van der Waals surface area contributed by atoms with Crippen LogP contribution >= 0.6 is 11.8 Å². The summed E-state index contributed by atoms with van der Waals surface area (Å²) < 4.78 is 34.1. The van der Waals surface area contributed by atoms with Crippen molar-refractivity contribution in [1.29, 1.82) is 5.41 Å². The van der Waals surface area contributed by atoms with Gasteiger partial charge in [-0.3, -0.25) is 15.2 Å². The van der Waals surface area contributed by atoms with Crippen molar-refractivity contribution in [3.05, 3.63) is 30.6 Å². The van der Waals surface area contributed by atoms with Gasteiger partial charge in [0.25, 0.3) is 0 Å². The fraction of sp³-hybridized carbons (Fsp3) is 0.421. The lowest BCUT2D eigenvalue weighted by molar-refractivity contribution is -0.158. The van der Waals surface area contributed by atoms with Crippen LogP contribution in [0.3, 0.4) is 0 Å². The Morgan fingerprint density at radius 3 is 2.70 bits per heavy atom. The zero-order valence-electron chi connectivity index (χ0n) is 16.9. The lowest BCUT2D eigenvalue weighted by atomic mass is 10.1. The minimum Gasteiger partial charge on any atom is -0.459 e. The Bertz CT molecular complexity index is 1100. The average Bonchev–Trinajstić information content (AvgIpc) is 3.16. The standard InChI is InChI=1S/C19H24ClN5O4S/c1-19(2,3)29-17(26)15-5-4-8-24(15)30(27,28)13-6-7-14-12(9-13)10-23-11-16(14)25(20)18(21)22/h6-7,9-11,15H,4-5,8H2,1-3H3,(H3,21,22)/t15-/m1/s1. The number of hydrogen-bond acceptors (Lipinski definition) is 6. The Labute approximate surface area is 180 Å². The van der Waals surface area contributed by atoms with E-state index < -0.39 is 27.6 Å². The van der Waals surface area contributed by atoms with Crippen molar-refractivity contribution in [3.63, 3.8) is 0 Å². The van der Waals surface area contributed by atoms with Gasteiger partial charge in [-0.2, -0.15) is 4.31 Å². The van der Waals surface area contributed by atoms with Crippen LogP contribution in [0.15, 0.2) is 35.5 Å². The fourth-order valence-electron chi connectivity index (χ4n) is 3.35. The minimum atomic E-state index is -3.94. The van der Waals surface area contributed by atoms with E-state index in [1.54, 1.807) is 26.8 Å². The molecule has 30 heavy (non-hydrogen) atoms. The topological polar surface area (TPSA) is 130 Å². The maximum Gasteiger partial charge on any atom is 0.324 e. The van der Waals surface area contributed by atoms with E-state index in [1.807, 2.05) is 0 Å². The van der Waals surface area contributed by atoms with Crippen LogP contribution in [0, 0.1) is 5.41 Å². The zero-order chi connectivity index (χ0) is 22.3. The van der Waals surface area contributed by atoms with Crippen LogP contribution in [0.5, 0.6) is 0 Å². The summed E-state index contributed by atoms with van der Waals surface area (Å²) >= 11 is 6.03. The van der Waals surface area contributed by atoms with Gasteiger partial charge in [0.2, 0.25) is 16.0 Å². The van der Waals surface area contributed by atoms with Crippen LogP contribution in [0.2, 0.25) is 0 Å². The molecule has 1 saturated heterocycles. The number of hydrogen-bond donors (Lipinski definition) is 2. The van der Waals surface area contributed by atoms with Gasteiger partial charge in [-0.15, -0.1) is 0 Å². The molecule has 1 fully saturated rings. The van der Waals surface area contributed by atoms with Gasteiger partial charge in [0.05, 0.1) is 16.8 Å². The van der Waals surface area contributed by atoms with Crippen molar-refractivity contribution < 1.29 is 17.9 Å². The molecule has 1 atom stereocenters. The van der Waals surface area contributed by atoms with Gasteiger partial charge in [-0.05, 0) is 45.7 Å². The van der Waals surface area contributed by atoms with E-state index in [2.05, 4.69) is 4.98 Å². The number of nitrogens with zero attached hydrogens (tertiary/aromatic N) is 3. The highest BCUT2D eigenvalue weighted by Gasteiger charge is 2.41. The van der Waals surface area contributed by atoms with Gasteiger partial charge in [-0.25, -0.2) is 12.8 Å². The number of nitrogens with one attached hydrogen (secondary N) is 1. The quantitative estimate of drug-likeness (QED) is 0.315. The highest BCUT2D eigenvalue weighted by atomic mass is 35.5. The monoisotopic (exact) mass is 453 g/mol. The first-order valence-electron chi connectivity index (χ1n) is 9.34. The number of esters is 1. The van der Waals surface area contributed by atoms with E-state index in [4.69, 9.17) is 27.7 Å². The van der Waals surface area contributed by atoms with Crippen molar-refractivity contribution in [3.8, 4) is 0 Å². The third-order valence-corrected chi connectivity index (χ3v) is 6.89. The Kier molecular flexibility index (Phi) is 5.94. The molecule has 1 aliphatic rings. The predicted octanol–water partition coefficient (Wildman–Crippen LogP) is 2.58. The second-order valence-corrected chi connectivity index (χ2v) is 10.2. The zero-order valence-corrected chi connectivity index (χ0v) is 18.5. The third-order valence-electron chi connectivity index (χ3n) is 4.62. The van der Waals surface area contributed by atoms with Gasteiger partial charge in [-0.1, -0.05) is 6.07 Å². The summed E-state index contributed by atoms with van der Waals surface area (Å²) in [6.45, 7) is 5.47. The molecule has 0 unspecified atom stereocenters. The first kappa shape index (κ1) is 22.3. The molecule has 0 saturated carbocycles. The number of rotatable bonds is 4. The summed E-state index contributed by atoms with van der Waals surface area (Å²) in [6.07, 6.45) is 3.91. The average molecular weight is 454 g/mol. The van der Waals surface area contributed by atoms with E-state index in [0.717, 1.165) is 4.42 Å². The predicted molar refractivity (Wildman–Crippen MR) is 115 cm³/mol. The number of benzene rings is 1. The first-order valence-corrected chi connectivity index (χ1v) is 11.1. The molecule has 1 aromatic heterocycles. The van der Waals surface area contributed by atoms with Crippen molar-refractivity contribution in [2.45, 2.75) is 50.2 Å². The molecule has 0 aliphatic carbocycles. The van der Waals surface area contributed by atoms with E-state index >= 15 is 0 Å². The number of guanidine groups is 1. The number of sulfonamides is 1. The molecule has 9 nitrogen and oxygen atoms in total.